The van der Waals surface area contributed by atoms with Gasteiger partial charge in [-0.25, -0.2) is 12.8 Å². The van der Waals surface area contributed by atoms with E-state index in [1.165, 1.54) is 19.1 Å². The summed E-state index contributed by atoms with van der Waals surface area (Å²) in [6.45, 7) is -1.02. The van der Waals surface area contributed by atoms with Crippen LogP contribution in [-0.2, 0) is 16.6 Å². The molecule has 0 spiro atoms. The first-order chi connectivity index (χ1) is 11.5. The van der Waals surface area contributed by atoms with E-state index in [-0.39, 0.29) is 15.6 Å². The molecule has 9 heteroatoms. The Hall–Kier alpha value is -2.13. The fourth-order valence-electron chi connectivity index (χ4n) is 2.29. The fourth-order valence-corrected chi connectivity index (χ4v) is 3.98. The number of benzene rings is 2. The van der Waals surface area contributed by atoms with E-state index in [1.807, 2.05) is 0 Å². The van der Waals surface area contributed by atoms with Crippen LogP contribution in [0.15, 0.2) is 47.4 Å². The number of hydrogen-bond acceptors (Lipinski definition) is 3. The van der Waals surface area contributed by atoms with Crippen molar-refractivity contribution in [1.29, 1.82) is 0 Å². The van der Waals surface area contributed by atoms with E-state index in [4.69, 9.17) is 5.73 Å². The number of nitrogen functional groups attached to an aromatic ring is 1. The zero-order valence-electron chi connectivity index (χ0n) is 13.2. The minimum atomic E-state index is -4.76. The van der Waals surface area contributed by atoms with E-state index in [2.05, 4.69) is 0 Å². The van der Waals surface area contributed by atoms with E-state index < -0.39 is 40.0 Å². The molecule has 0 aliphatic heterocycles. The van der Waals surface area contributed by atoms with Gasteiger partial charge in [0.05, 0.1) is 4.90 Å². The Morgan fingerprint density at radius 3 is 2.28 bits per heavy atom. The molecule has 0 aliphatic carbocycles. The van der Waals surface area contributed by atoms with E-state index in [1.54, 1.807) is 18.2 Å². The van der Waals surface area contributed by atoms with Gasteiger partial charge in [-0.05, 0) is 24.6 Å². The van der Waals surface area contributed by atoms with E-state index >= 15 is 0 Å². The molecule has 0 aliphatic rings. The minimum absolute atomic E-state index is 0.187. The number of sulfonamides is 1. The molecule has 136 valence electrons. The van der Waals surface area contributed by atoms with Crippen LogP contribution in [0, 0.1) is 12.7 Å². The first-order valence-corrected chi connectivity index (χ1v) is 8.61. The fraction of sp³-hybridized carbons (Fsp3) is 0.250. The highest BCUT2D eigenvalue weighted by Gasteiger charge is 2.38. The van der Waals surface area contributed by atoms with Gasteiger partial charge in [0.25, 0.3) is 0 Å². The average molecular weight is 376 g/mol. The first-order valence-electron chi connectivity index (χ1n) is 7.17. The quantitative estimate of drug-likeness (QED) is 0.642. The third-order valence-electron chi connectivity index (χ3n) is 3.49. The van der Waals surface area contributed by atoms with E-state index in [0.717, 1.165) is 12.1 Å². The third-order valence-corrected chi connectivity index (χ3v) is 5.41. The molecule has 0 heterocycles. The molecule has 0 unspecified atom stereocenters. The number of anilines is 1. The summed E-state index contributed by atoms with van der Waals surface area (Å²) in [7, 11) is -4.61. The number of hydrogen-bond donors (Lipinski definition) is 1. The molecule has 0 atom stereocenters. The first kappa shape index (κ1) is 19.2. The molecule has 0 radical (unpaired) electrons. The molecular formula is C16H16F4N2O2S. The summed E-state index contributed by atoms with van der Waals surface area (Å²) in [5.74, 6) is -0.898. The van der Waals surface area contributed by atoms with Crippen molar-refractivity contribution in [3.8, 4) is 0 Å². The van der Waals surface area contributed by atoms with Crippen molar-refractivity contribution in [1.82, 2.24) is 4.31 Å². The van der Waals surface area contributed by atoms with Crippen LogP contribution >= 0.6 is 0 Å². The van der Waals surface area contributed by atoms with Crippen LogP contribution in [0.2, 0.25) is 0 Å². The smallest absolute Gasteiger partial charge is 0.399 e. The highest BCUT2D eigenvalue weighted by atomic mass is 32.2. The Kier molecular flexibility index (Phi) is 5.38. The van der Waals surface area contributed by atoms with Gasteiger partial charge in [-0.1, -0.05) is 30.3 Å². The summed E-state index contributed by atoms with van der Waals surface area (Å²) in [5, 5.41) is 0. The van der Waals surface area contributed by atoms with Gasteiger partial charge < -0.3 is 5.73 Å². The largest absolute Gasteiger partial charge is 0.402 e. The Morgan fingerprint density at radius 1 is 1.12 bits per heavy atom. The second-order valence-corrected chi connectivity index (χ2v) is 7.41. The zero-order chi connectivity index (χ0) is 18.8. The summed E-state index contributed by atoms with van der Waals surface area (Å²) in [6.07, 6.45) is -4.76. The lowest BCUT2D eigenvalue weighted by molar-refractivity contribution is -0.136. The molecule has 25 heavy (non-hydrogen) atoms. The van der Waals surface area contributed by atoms with Gasteiger partial charge in [-0.3, -0.25) is 0 Å². The second-order valence-electron chi connectivity index (χ2n) is 5.50. The van der Waals surface area contributed by atoms with Gasteiger partial charge in [0.2, 0.25) is 10.0 Å². The van der Waals surface area contributed by atoms with Crippen LogP contribution in [-0.4, -0.2) is 25.4 Å². The molecule has 0 saturated heterocycles. The number of rotatable bonds is 5. The van der Waals surface area contributed by atoms with Crippen molar-refractivity contribution in [2.75, 3.05) is 12.3 Å². The van der Waals surface area contributed by atoms with E-state index in [0.29, 0.717) is 5.56 Å². The molecule has 0 bridgehead atoms. The van der Waals surface area contributed by atoms with Crippen molar-refractivity contribution in [3.63, 3.8) is 0 Å². The molecule has 2 aromatic carbocycles. The number of alkyl halides is 3. The summed E-state index contributed by atoms with van der Waals surface area (Å²) >= 11 is 0. The highest BCUT2D eigenvalue weighted by molar-refractivity contribution is 7.89. The lowest BCUT2D eigenvalue weighted by atomic mass is 10.2. The number of nitrogens with two attached hydrogens (primary N) is 1. The van der Waals surface area contributed by atoms with Gasteiger partial charge in [-0.15, -0.1) is 0 Å². The van der Waals surface area contributed by atoms with Crippen molar-refractivity contribution < 1.29 is 26.0 Å². The molecule has 4 nitrogen and oxygen atoms in total. The normalized spacial score (nSPS) is 12.6. The van der Waals surface area contributed by atoms with E-state index in [9.17, 15) is 26.0 Å². The maximum absolute atomic E-state index is 13.8. The van der Waals surface area contributed by atoms with Gasteiger partial charge in [0.1, 0.15) is 12.4 Å². The Bertz CT molecular complexity index is 852. The van der Waals surface area contributed by atoms with Crippen molar-refractivity contribution in [2.45, 2.75) is 24.5 Å². The van der Waals surface area contributed by atoms with Gasteiger partial charge in [0.15, 0.2) is 0 Å². The summed E-state index contributed by atoms with van der Waals surface area (Å²) in [6, 6.07) is 9.71. The predicted octanol–water partition coefficient (Wildman–Crippen LogP) is 3.47. The molecular weight excluding hydrogens is 360 g/mol. The van der Waals surface area contributed by atoms with Crippen LogP contribution in [0.5, 0.6) is 0 Å². The monoisotopic (exact) mass is 376 g/mol. The average Bonchev–Trinajstić information content (AvgIpc) is 2.50. The Labute approximate surface area is 142 Å². The molecule has 0 fully saturated rings. The van der Waals surface area contributed by atoms with Crippen LogP contribution in [0.25, 0.3) is 0 Å². The highest BCUT2D eigenvalue weighted by Crippen LogP contribution is 2.28. The third kappa shape index (κ3) is 4.70. The maximum Gasteiger partial charge on any atom is 0.402 e. The molecule has 0 amide bonds. The van der Waals surface area contributed by atoms with Crippen molar-refractivity contribution in [3.05, 3.63) is 59.4 Å². The standard InChI is InChI=1S/C16H16F4N2O2S/c1-11-14(17)7-13(21)8-15(11)25(23,24)22(10-16(18,19)20)9-12-5-3-2-4-6-12/h2-8H,9-10,21H2,1H3. The maximum atomic E-state index is 13.8. The lowest BCUT2D eigenvalue weighted by Crippen LogP contribution is -2.38. The molecule has 2 rings (SSSR count). The number of halogens is 4. The van der Waals surface area contributed by atoms with Crippen molar-refractivity contribution in [2.24, 2.45) is 0 Å². The Balaban J connectivity index is 2.52. The second kappa shape index (κ2) is 7.01. The van der Waals surface area contributed by atoms with Crippen LogP contribution in [0.1, 0.15) is 11.1 Å². The number of nitrogens with zero attached hydrogens (tertiary/aromatic N) is 1. The summed E-state index contributed by atoms with van der Waals surface area (Å²) in [4.78, 5) is -0.579. The van der Waals surface area contributed by atoms with Gasteiger partial charge in [-0.2, -0.15) is 17.5 Å². The minimum Gasteiger partial charge on any atom is -0.399 e. The van der Waals surface area contributed by atoms with Crippen molar-refractivity contribution >= 4 is 15.7 Å². The predicted molar refractivity (Wildman–Crippen MR) is 85.6 cm³/mol. The topological polar surface area (TPSA) is 63.4 Å². The lowest BCUT2D eigenvalue weighted by Gasteiger charge is -2.24. The summed E-state index contributed by atoms with van der Waals surface area (Å²) in [5.41, 5.74) is 5.36. The molecule has 0 saturated carbocycles. The summed E-state index contributed by atoms with van der Waals surface area (Å²) < 4.78 is 78.3. The van der Waals surface area contributed by atoms with Crippen LogP contribution in [0.3, 0.4) is 0 Å². The van der Waals surface area contributed by atoms with Crippen LogP contribution < -0.4 is 5.73 Å². The Morgan fingerprint density at radius 2 is 1.72 bits per heavy atom. The van der Waals surface area contributed by atoms with Crippen LogP contribution in [0.4, 0.5) is 23.2 Å². The van der Waals surface area contributed by atoms with Gasteiger partial charge >= 0.3 is 6.18 Å². The molecule has 2 aromatic rings. The van der Waals surface area contributed by atoms with Gasteiger partial charge in [0, 0.05) is 17.8 Å². The zero-order valence-corrected chi connectivity index (χ0v) is 14.0. The molecule has 2 N–H and O–H groups in total. The SMILES string of the molecule is Cc1c(F)cc(N)cc1S(=O)(=O)N(Cc1ccccc1)CC(F)(F)F. The molecule has 0 aromatic heterocycles.